The first-order valence-corrected chi connectivity index (χ1v) is 9.92. The highest BCUT2D eigenvalue weighted by atomic mass is 32.2. The van der Waals surface area contributed by atoms with Crippen molar-refractivity contribution >= 4 is 29.4 Å². The Balaban J connectivity index is 1.75. The Bertz CT molecular complexity index is 906. The normalized spacial score (nSPS) is 17.8. The number of Topliss-reactive ketones (excluding diaryl/α,β-unsaturated/α-hetero) is 1. The minimum Gasteiger partial charge on any atom is -0.463 e. The maximum atomic E-state index is 12.7. The van der Waals surface area contributed by atoms with Crippen molar-refractivity contribution in [1.82, 2.24) is 4.90 Å². The van der Waals surface area contributed by atoms with Gasteiger partial charge in [-0.15, -0.1) is 0 Å². The van der Waals surface area contributed by atoms with Gasteiger partial charge in [-0.2, -0.15) is 0 Å². The molecule has 0 unspecified atom stereocenters. The van der Waals surface area contributed by atoms with Gasteiger partial charge >= 0.3 is 5.97 Å². The van der Waals surface area contributed by atoms with Gasteiger partial charge < -0.3 is 4.74 Å². The van der Waals surface area contributed by atoms with E-state index in [1.807, 2.05) is 42.5 Å². The van der Waals surface area contributed by atoms with Gasteiger partial charge in [0.2, 0.25) is 5.91 Å². The molecule has 1 atom stereocenters. The van der Waals surface area contributed by atoms with Crippen LogP contribution in [0.15, 0.2) is 65.7 Å². The molecular formula is C22H21NO4S. The van der Waals surface area contributed by atoms with Crippen molar-refractivity contribution in [1.29, 1.82) is 0 Å². The molecule has 144 valence electrons. The summed E-state index contributed by atoms with van der Waals surface area (Å²) in [4.78, 5) is 38.2. The molecule has 1 saturated heterocycles. The average molecular weight is 395 g/mol. The lowest BCUT2D eigenvalue weighted by atomic mass is 10.0. The van der Waals surface area contributed by atoms with Crippen molar-refractivity contribution < 1.29 is 19.1 Å². The fraction of sp³-hybridized carbons (Fsp3) is 0.227. The zero-order valence-corrected chi connectivity index (χ0v) is 16.6. The molecule has 2 aromatic carbocycles. The van der Waals surface area contributed by atoms with Gasteiger partial charge in [-0.3, -0.25) is 14.5 Å². The monoisotopic (exact) mass is 395 g/mol. The first-order chi connectivity index (χ1) is 13.5. The van der Waals surface area contributed by atoms with E-state index >= 15 is 0 Å². The molecule has 1 heterocycles. The van der Waals surface area contributed by atoms with Crippen LogP contribution in [0.2, 0.25) is 0 Å². The number of carbonyl (C=O) groups excluding carboxylic acids is 3. The van der Waals surface area contributed by atoms with Crippen LogP contribution in [0, 0.1) is 0 Å². The Hall–Kier alpha value is -2.86. The van der Waals surface area contributed by atoms with Crippen LogP contribution in [0.5, 0.6) is 0 Å². The molecule has 1 amide bonds. The fourth-order valence-electron chi connectivity index (χ4n) is 2.89. The van der Waals surface area contributed by atoms with Crippen LogP contribution in [0.1, 0.15) is 24.2 Å². The van der Waals surface area contributed by atoms with Crippen LogP contribution in [-0.2, 0) is 14.3 Å². The van der Waals surface area contributed by atoms with Crippen molar-refractivity contribution in [2.75, 3.05) is 13.2 Å². The predicted octanol–water partition coefficient (Wildman–Crippen LogP) is 3.90. The lowest BCUT2D eigenvalue weighted by Gasteiger charge is -2.16. The van der Waals surface area contributed by atoms with Crippen LogP contribution in [-0.4, -0.2) is 41.0 Å². The van der Waals surface area contributed by atoms with Gasteiger partial charge in [0.25, 0.3) is 0 Å². The number of hydrogen-bond acceptors (Lipinski definition) is 5. The lowest BCUT2D eigenvalue weighted by Crippen LogP contribution is -2.33. The smallest absolute Gasteiger partial charge is 0.333 e. The molecule has 6 heteroatoms. The summed E-state index contributed by atoms with van der Waals surface area (Å²) >= 11 is 1.26. The molecule has 0 N–H and O–H groups in total. The molecule has 0 spiro atoms. The number of amides is 1. The Morgan fingerprint density at radius 3 is 2.36 bits per heavy atom. The van der Waals surface area contributed by atoms with Gasteiger partial charge in [0, 0.05) is 5.56 Å². The summed E-state index contributed by atoms with van der Waals surface area (Å²) in [6, 6.07) is 17.2. The number of benzene rings is 2. The van der Waals surface area contributed by atoms with Crippen LogP contribution in [0.25, 0.3) is 11.1 Å². The molecule has 1 aliphatic rings. The summed E-state index contributed by atoms with van der Waals surface area (Å²) in [5.41, 5.74) is 2.61. The quantitative estimate of drug-likeness (QED) is 0.422. The minimum atomic E-state index is -0.517. The zero-order valence-electron chi connectivity index (χ0n) is 15.8. The molecule has 0 saturated carbocycles. The summed E-state index contributed by atoms with van der Waals surface area (Å²) < 4.78 is 4.92. The first kappa shape index (κ1) is 19.9. The van der Waals surface area contributed by atoms with Crippen LogP contribution in [0.4, 0.5) is 0 Å². The maximum absolute atomic E-state index is 12.7. The molecule has 28 heavy (non-hydrogen) atoms. The van der Waals surface area contributed by atoms with Crippen LogP contribution < -0.4 is 0 Å². The minimum absolute atomic E-state index is 0.105. The van der Waals surface area contributed by atoms with Crippen molar-refractivity contribution in [3.8, 4) is 11.1 Å². The van der Waals surface area contributed by atoms with E-state index in [9.17, 15) is 14.4 Å². The van der Waals surface area contributed by atoms with Crippen LogP contribution >= 0.6 is 11.8 Å². The van der Waals surface area contributed by atoms with Gasteiger partial charge in [-0.1, -0.05) is 66.4 Å². The van der Waals surface area contributed by atoms with Crippen molar-refractivity contribution in [3.63, 3.8) is 0 Å². The highest BCUT2D eigenvalue weighted by molar-refractivity contribution is 8.04. The molecule has 1 fully saturated rings. The number of nitrogens with zero attached hydrogens (tertiary/aromatic N) is 1. The molecule has 1 aliphatic heterocycles. The summed E-state index contributed by atoms with van der Waals surface area (Å²) in [6.07, 6.45) is 1.28. The van der Waals surface area contributed by atoms with E-state index in [1.165, 1.54) is 22.7 Å². The number of carbonyl (C=O) groups is 3. The average Bonchev–Trinajstić information content (AvgIpc) is 2.96. The number of hydrogen-bond donors (Lipinski definition) is 0. The second-order valence-electron chi connectivity index (χ2n) is 6.29. The number of rotatable bonds is 6. The second kappa shape index (κ2) is 8.89. The third-order valence-electron chi connectivity index (χ3n) is 4.32. The van der Waals surface area contributed by atoms with Gasteiger partial charge in [0.05, 0.1) is 29.5 Å². The van der Waals surface area contributed by atoms with E-state index in [0.717, 1.165) is 11.1 Å². The highest BCUT2D eigenvalue weighted by Gasteiger charge is 2.35. The Morgan fingerprint density at radius 1 is 1.07 bits per heavy atom. The van der Waals surface area contributed by atoms with Gasteiger partial charge in [0.15, 0.2) is 5.78 Å². The number of thioether (sulfide) groups is 1. The van der Waals surface area contributed by atoms with Gasteiger partial charge in [-0.25, -0.2) is 4.79 Å². The Kier molecular flexibility index (Phi) is 6.31. The zero-order chi connectivity index (χ0) is 20.1. The van der Waals surface area contributed by atoms with E-state index in [-0.39, 0.29) is 30.1 Å². The molecular weight excluding hydrogens is 374 g/mol. The maximum Gasteiger partial charge on any atom is 0.333 e. The predicted molar refractivity (Wildman–Crippen MR) is 110 cm³/mol. The molecule has 2 aromatic rings. The van der Waals surface area contributed by atoms with Gasteiger partial charge in [-0.05, 0) is 25.0 Å². The van der Waals surface area contributed by atoms with E-state index in [4.69, 9.17) is 4.74 Å². The number of ketones is 1. The fourth-order valence-corrected chi connectivity index (χ4v) is 3.93. The summed E-state index contributed by atoms with van der Waals surface area (Å²) in [5.74, 6) is -0.885. The van der Waals surface area contributed by atoms with E-state index in [1.54, 1.807) is 26.0 Å². The van der Waals surface area contributed by atoms with E-state index in [0.29, 0.717) is 10.6 Å². The largest absolute Gasteiger partial charge is 0.463 e. The molecule has 0 aromatic heterocycles. The SMILES string of the molecule is CCOC(=O)/C=C1\S[C@H](C)C(=O)N1CC(=O)c1ccc(-c2ccccc2)cc1. The Labute approximate surface area is 168 Å². The standard InChI is InChI=1S/C22H21NO4S/c1-3-27-21(25)13-20-23(22(26)15(2)28-20)14-19(24)18-11-9-17(10-12-18)16-7-5-4-6-8-16/h4-13,15H,3,14H2,1-2H3/b20-13-/t15-/m1/s1. The third kappa shape index (κ3) is 4.51. The third-order valence-corrected chi connectivity index (χ3v) is 5.46. The Morgan fingerprint density at radius 2 is 1.71 bits per heavy atom. The molecule has 0 bridgehead atoms. The van der Waals surface area contributed by atoms with Crippen molar-refractivity contribution in [2.24, 2.45) is 0 Å². The summed E-state index contributed by atoms with van der Waals surface area (Å²) in [6.45, 7) is 3.62. The summed E-state index contributed by atoms with van der Waals surface area (Å²) in [7, 11) is 0. The highest BCUT2D eigenvalue weighted by Crippen LogP contribution is 2.35. The van der Waals surface area contributed by atoms with Crippen LogP contribution in [0.3, 0.4) is 0 Å². The molecule has 5 nitrogen and oxygen atoms in total. The van der Waals surface area contributed by atoms with Crippen molar-refractivity contribution in [3.05, 3.63) is 71.3 Å². The topological polar surface area (TPSA) is 63.7 Å². The first-order valence-electron chi connectivity index (χ1n) is 9.04. The van der Waals surface area contributed by atoms with E-state index in [2.05, 4.69) is 0 Å². The number of esters is 1. The van der Waals surface area contributed by atoms with E-state index < -0.39 is 5.97 Å². The van der Waals surface area contributed by atoms with Gasteiger partial charge in [0.1, 0.15) is 0 Å². The number of ether oxygens (including phenoxy) is 1. The molecule has 3 rings (SSSR count). The molecule has 0 aliphatic carbocycles. The second-order valence-corrected chi connectivity index (χ2v) is 7.65. The lowest BCUT2D eigenvalue weighted by molar-refractivity contribution is -0.137. The molecule has 0 radical (unpaired) electrons. The van der Waals surface area contributed by atoms with Crippen molar-refractivity contribution in [2.45, 2.75) is 19.1 Å². The summed E-state index contributed by atoms with van der Waals surface area (Å²) in [5, 5.41) is 0.110.